The highest BCUT2D eigenvalue weighted by atomic mass is 35.5. The van der Waals surface area contributed by atoms with Gasteiger partial charge in [0.15, 0.2) is 6.61 Å². The minimum absolute atomic E-state index is 0.00481. The van der Waals surface area contributed by atoms with Gasteiger partial charge in [-0.2, -0.15) is 5.26 Å². The van der Waals surface area contributed by atoms with Crippen molar-refractivity contribution >= 4 is 35.2 Å². The minimum atomic E-state index is -0.231. The number of hydrogen-bond acceptors (Lipinski definition) is 3. The zero-order chi connectivity index (χ0) is 17.4. The molecule has 2 rings (SSSR count). The molecular weight excluding hydrogens is 347 g/mol. The molecule has 0 saturated carbocycles. The van der Waals surface area contributed by atoms with E-state index in [0.29, 0.717) is 22.3 Å². The number of halogens is 2. The van der Waals surface area contributed by atoms with Crippen LogP contribution in [0.4, 0.5) is 0 Å². The van der Waals surface area contributed by atoms with Gasteiger partial charge >= 0.3 is 0 Å². The lowest BCUT2D eigenvalue weighted by atomic mass is 10.2. The Labute approximate surface area is 150 Å². The lowest BCUT2D eigenvalue weighted by molar-refractivity contribution is -0.116. The number of rotatable bonds is 6. The van der Waals surface area contributed by atoms with Crippen molar-refractivity contribution in [1.29, 1.82) is 5.26 Å². The molecule has 6 heteroatoms. The first-order valence-electron chi connectivity index (χ1n) is 7.08. The molecule has 2 aromatic carbocycles. The Morgan fingerprint density at radius 3 is 2.62 bits per heavy atom. The van der Waals surface area contributed by atoms with Gasteiger partial charge in [-0.05, 0) is 41.5 Å². The summed E-state index contributed by atoms with van der Waals surface area (Å²) in [7, 11) is 0. The largest absolute Gasteiger partial charge is 0.479 e. The first kappa shape index (κ1) is 17.9. The number of benzene rings is 2. The van der Waals surface area contributed by atoms with Gasteiger partial charge in [0, 0.05) is 22.7 Å². The molecule has 0 fully saturated rings. The maximum absolute atomic E-state index is 11.8. The minimum Gasteiger partial charge on any atom is -0.479 e. The quantitative estimate of drug-likeness (QED) is 0.784. The molecule has 0 aliphatic carbocycles. The van der Waals surface area contributed by atoms with Crippen LogP contribution in [0, 0.1) is 11.3 Å². The number of carbonyl (C=O) groups excluding carboxylic acids is 1. The lowest BCUT2D eigenvalue weighted by Gasteiger charge is -2.05. The van der Waals surface area contributed by atoms with Crippen LogP contribution in [-0.4, -0.2) is 12.5 Å². The molecule has 0 radical (unpaired) electrons. The van der Waals surface area contributed by atoms with Gasteiger partial charge < -0.3 is 10.1 Å². The topological polar surface area (TPSA) is 62.1 Å². The molecular formula is C18H14Cl2N2O2. The van der Waals surface area contributed by atoms with Crippen LogP contribution in [0.5, 0.6) is 5.75 Å². The van der Waals surface area contributed by atoms with Crippen molar-refractivity contribution in [1.82, 2.24) is 5.32 Å². The van der Waals surface area contributed by atoms with Crippen molar-refractivity contribution in [3.63, 3.8) is 0 Å². The zero-order valence-electron chi connectivity index (χ0n) is 12.6. The van der Waals surface area contributed by atoms with Crippen molar-refractivity contribution in [2.75, 3.05) is 6.61 Å². The summed E-state index contributed by atoms with van der Waals surface area (Å²) in [6, 6.07) is 14.1. The first-order valence-corrected chi connectivity index (χ1v) is 7.84. The molecule has 0 saturated heterocycles. The molecule has 0 spiro atoms. The van der Waals surface area contributed by atoms with Crippen molar-refractivity contribution in [3.05, 3.63) is 69.7 Å². The van der Waals surface area contributed by atoms with Gasteiger partial charge in [0.2, 0.25) is 5.91 Å². The lowest BCUT2D eigenvalue weighted by Crippen LogP contribution is -2.20. The summed E-state index contributed by atoms with van der Waals surface area (Å²) in [4.78, 5) is 11.8. The summed E-state index contributed by atoms with van der Waals surface area (Å²) >= 11 is 11.9. The molecule has 0 heterocycles. The molecule has 0 unspecified atom stereocenters. The summed E-state index contributed by atoms with van der Waals surface area (Å²) in [6.45, 7) is 0.324. The summed E-state index contributed by atoms with van der Waals surface area (Å²) in [6.07, 6.45) is 3.13. The standard InChI is InChI=1S/C18H14Cl2N2O2/c19-15-5-4-14(17(20)11-15)12-22-18(23)8-3-13-1-6-16(7-2-13)24-10-9-21/h1-8,11H,10,12H2,(H,22,23)/b8-3+. The van der Waals surface area contributed by atoms with E-state index in [1.165, 1.54) is 6.08 Å². The smallest absolute Gasteiger partial charge is 0.244 e. The second-order valence-corrected chi connectivity index (χ2v) is 5.65. The molecule has 0 aliphatic heterocycles. The number of amides is 1. The van der Waals surface area contributed by atoms with E-state index >= 15 is 0 Å². The zero-order valence-corrected chi connectivity index (χ0v) is 14.1. The third kappa shape index (κ3) is 5.62. The summed E-state index contributed by atoms with van der Waals surface area (Å²) in [5.74, 6) is 0.376. The van der Waals surface area contributed by atoms with E-state index in [1.807, 2.05) is 6.07 Å². The Morgan fingerprint density at radius 2 is 1.96 bits per heavy atom. The molecule has 1 amide bonds. The van der Waals surface area contributed by atoms with E-state index in [9.17, 15) is 4.79 Å². The molecule has 4 nitrogen and oxygen atoms in total. The van der Waals surface area contributed by atoms with Gasteiger partial charge in [-0.15, -0.1) is 0 Å². The summed E-state index contributed by atoms with van der Waals surface area (Å²) in [5, 5.41) is 12.3. The van der Waals surface area contributed by atoms with Crippen LogP contribution in [0.3, 0.4) is 0 Å². The molecule has 0 bridgehead atoms. The maximum Gasteiger partial charge on any atom is 0.244 e. The Morgan fingerprint density at radius 1 is 1.21 bits per heavy atom. The van der Waals surface area contributed by atoms with Crippen molar-refractivity contribution < 1.29 is 9.53 Å². The van der Waals surface area contributed by atoms with Crippen molar-refractivity contribution in [3.8, 4) is 11.8 Å². The number of ether oxygens (including phenoxy) is 1. The van der Waals surface area contributed by atoms with Crippen LogP contribution < -0.4 is 10.1 Å². The predicted molar refractivity (Wildman–Crippen MR) is 94.9 cm³/mol. The predicted octanol–water partition coefficient (Wildman–Crippen LogP) is 4.23. The SMILES string of the molecule is N#CCOc1ccc(/C=C/C(=O)NCc2ccc(Cl)cc2Cl)cc1. The van der Waals surface area contributed by atoms with Crippen LogP contribution in [-0.2, 0) is 11.3 Å². The van der Waals surface area contributed by atoms with Crippen LogP contribution in [0.2, 0.25) is 10.0 Å². The highest BCUT2D eigenvalue weighted by Crippen LogP contribution is 2.20. The highest BCUT2D eigenvalue weighted by Gasteiger charge is 2.02. The van der Waals surface area contributed by atoms with Crippen molar-refractivity contribution in [2.24, 2.45) is 0 Å². The fraction of sp³-hybridized carbons (Fsp3) is 0.111. The maximum atomic E-state index is 11.8. The second kappa shape index (κ2) is 8.97. The van der Waals surface area contributed by atoms with Gasteiger partial charge in [-0.25, -0.2) is 0 Å². The molecule has 0 atom stereocenters. The number of nitrogens with one attached hydrogen (secondary N) is 1. The number of hydrogen-bond donors (Lipinski definition) is 1. The van der Waals surface area contributed by atoms with E-state index < -0.39 is 0 Å². The Hall–Kier alpha value is -2.48. The van der Waals surface area contributed by atoms with E-state index in [4.69, 9.17) is 33.2 Å². The van der Waals surface area contributed by atoms with E-state index in [-0.39, 0.29) is 12.5 Å². The first-order chi connectivity index (χ1) is 11.6. The molecule has 0 aliphatic rings. The Kier molecular flexibility index (Phi) is 6.68. The molecule has 2 aromatic rings. The number of carbonyl (C=O) groups is 1. The molecule has 0 aromatic heterocycles. The van der Waals surface area contributed by atoms with Gasteiger partial charge in [0.1, 0.15) is 11.8 Å². The van der Waals surface area contributed by atoms with Gasteiger partial charge in [0.25, 0.3) is 0 Å². The average molecular weight is 361 g/mol. The molecule has 122 valence electrons. The van der Waals surface area contributed by atoms with E-state index in [2.05, 4.69) is 5.32 Å². The molecule has 24 heavy (non-hydrogen) atoms. The van der Waals surface area contributed by atoms with Gasteiger partial charge in [0.05, 0.1) is 0 Å². The Balaban J connectivity index is 1.87. The second-order valence-electron chi connectivity index (χ2n) is 4.80. The third-order valence-electron chi connectivity index (χ3n) is 3.08. The summed E-state index contributed by atoms with van der Waals surface area (Å²) in [5.41, 5.74) is 1.64. The van der Waals surface area contributed by atoms with Gasteiger partial charge in [-0.3, -0.25) is 4.79 Å². The third-order valence-corrected chi connectivity index (χ3v) is 3.67. The molecule has 1 N–H and O–H groups in total. The number of nitriles is 1. The van der Waals surface area contributed by atoms with E-state index in [1.54, 1.807) is 48.5 Å². The van der Waals surface area contributed by atoms with Crippen LogP contribution in [0.15, 0.2) is 48.5 Å². The van der Waals surface area contributed by atoms with Crippen molar-refractivity contribution in [2.45, 2.75) is 6.54 Å². The highest BCUT2D eigenvalue weighted by molar-refractivity contribution is 6.35. The fourth-order valence-corrected chi connectivity index (χ4v) is 2.34. The Bertz CT molecular complexity index is 781. The van der Waals surface area contributed by atoms with Crippen LogP contribution >= 0.6 is 23.2 Å². The summed E-state index contributed by atoms with van der Waals surface area (Å²) < 4.78 is 5.16. The van der Waals surface area contributed by atoms with Crippen LogP contribution in [0.25, 0.3) is 6.08 Å². The monoisotopic (exact) mass is 360 g/mol. The fourth-order valence-electron chi connectivity index (χ4n) is 1.87. The average Bonchev–Trinajstić information content (AvgIpc) is 2.58. The normalized spacial score (nSPS) is 10.4. The number of nitrogens with zero attached hydrogens (tertiary/aromatic N) is 1. The van der Waals surface area contributed by atoms with Crippen LogP contribution in [0.1, 0.15) is 11.1 Å². The van der Waals surface area contributed by atoms with Gasteiger partial charge in [-0.1, -0.05) is 41.4 Å². The van der Waals surface area contributed by atoms with E-state index in [0.717, 1.165) is 11.1 Å².